The first-order chi connectivity index (χ1) is 14.3. The number of aliphatic hydroxyl groups excluding tert-OH is 1. The molecule has 7 N–H and O–H groups in total. The molecule has 3 atom stereocenters. The normalized spacial score (nSPS) is 13.7. The zero-order valence-corrected chi connectivity index (χ0v) is 16.2. The molecule has 30 heavy (non-hydrogen) atoms. The Morgan fingerprint density at radius 2 is 1.40 bits per heavy atom. The lowest BCUT2D eigenvalue weighted by atomic mass is 10.0. The summed E-state index contributed by atoms with van der Waals surface area (Å²) in [5.74, 6) is -2.73. The number of carbonyl (C=O) groups excluding carboxylic acids is 2. The second kappa shape index (κ2) is 10.9. The van der Waals surface area contributed by atoms with Crippen LogP contribution < -0.4 is 16.4 Å². The number of aliphatic carboxylic acids is 1. The molecule has 0 fully saturated rings. The van der Waals surface area contributed by atoms with Gasteiger partial charge < -0.3 is 31.7 Å². The maximum atomic E-state index is 12.4. The van der Waals surface area contributed by atoms with Crippen molar-refractivity contribution in [3.05, 3.63) is 65.7 Å². The Morgan fingerprint density at radius 3 is 1.97 bits per heavy atom. The van der Waals surface area contributed by atoms with Crippen molar-refractivity contribution in [1.82, 2.24) is 10.6 Å². The molecule has 2 amide bonds. The summed E-state index contributed by atoms with van der Waals surface area (Å²) in [7, 11) is 0. The molecule has 0 spiro atoms. The van der Waals surface area contributed by atoms with Crippen LogP contribution in [0.15, 0.2) is 54.6 Å². The van der Waals surface area contributed by atoms with E-state index in [0.717, 1.165) is 5.56 Å². The number of aromatic hydroxyl groups is 1. The van der Waals surface area contributed by atoms with Crippen LogP contribution in [0, 0.1) is 0 Å². The van der Waals surface area contributed by atoms with Gasteiger partial charge in [-0.05, 0) is 29.7 Å². The highest BCUT2D eigenvalue weighted by Gasteiger charge is 2.27. The van der Waals surface area contributed by atoms with E-state index in [0.29, 0.717) is 5.56 Å². The van der Waals surface area contributed by atoms with Crippen LogP contribution in [0.25, 0.3) is 0 Å². The van der Waals surface area contributed by atoms with E-state index in [9.17, 15) is 29.7 Å². The van der Waals surface area contributed by atoms with E-state index in [1.807, 2.05) is 30.3 Å². The molecule has 0 aliphatic heterocycles. The molecule has 9 heteroatoms. The van der Waals surface area contributed by atoms with E-state index in [-0.39, 0.29) is 18.6 Å². The summed E-state index contributed by atoms with van der Waals surface area (Å²) >= 11 is 0. The average molecular weight is 415 g/mol. The van der Waals surface area contributed by atoms with Gasteiger partial charge in [0.15, 0.2) is 0 Å². The van der Waals surface area contributed by atoms with Crippen molar-refractivity contribution in [1.29, 1.82) is 0 Å². The molecule has 0 radical (unpaired) electrons. The van der Waals surface area contributed by atoms with Gasteiger partial charge in [0.2, 0.25) is 11.8 Å². The first-order valence-corrected chi connectivity index (χ1v) is 9.32. The number of carboxylic acid groups (broad SMARTS) is 1. The van der Waals surface area contributed by atoms with Crippen LogP contribution in [-0.4, -0.2) is 57.8 Å². The minimum absolute atomic E-state index is 0.0320. The number of carboxylic acids is 1. The van der Waals surface area contributed by atoms with Crippen molar-refractivity contribution in [2.45, 2.75) is 31.0 Å². The average Bonchev–Trinajstić information content (AvgIpc) is 2.73. The second-order valence-electron chi connectivity index (χ2n) is 6.81. The fraction of sp³-hybridized carbons (Fsp3) is 0.286. The van der Waals surface area contributed by atoms with Crippen molar-refractivity contribution >= 4 is 17.8 Å². The van der Waals surface area contributed by atoms with E-state index in [1.54, 1.807) is 0 Å². The summed E-state index contributed by atoms with van der Waals surface area (Å²) in [6, 6.07) is 11.4. The summed E-state index contributed by atoms with van der Waals surface area (Å²) in [6.45, 7) is -0.721. The van der Waals surface area contributed by atoms with Crippen molar-refractivity contribution in [3.63, 3.8) is 0 Å². The molecule has 0 aliphatic rings. The van der Waals surface area contributed by atoms with Gasteiger partial charge in [-0.2, -0.15) is 0 Å². The Hall–Kier alpha value is -3.43. The van der Waals surface area contributed by atoms with E-state index < -0.39 is 42.5 Å². The number of phenols is 1. The minimum Gasteiger partial charge on any atom is -0.508 e. The van der Waals surface area contributed by atoms with Gasteiger partial charge >= 0.3 is 5.97 Å². The SMILES string of the molecule is NC(Cc1ccccc1)C(=O)NC(CO)C(=O)NC(Cc1ccc(O)cc1)C(=O)O. The summed E-state index contributed by atoms with van der Waals surface area (Å²) in [4.78, 5) is 36.2. The van der Waals surface area contributed by atoms with Crippen LogP contribution in [0.5, 0.6) is 5.75 Å². The summed E-state index contributed by atoms with van der Waals surface area (Å²) < 4.78 is 0. The van der Waals surface area contributed by atoms with E-state index >= 15 is 0 Å². The minimum atomic E-state index is -1.35. The molecule has 2 aromatic carbocycles. The first kappa shape index (κ1) is 22.9. The van der Waals surface area contributed by atoms with Gasteiger partial charge in [0.05, 0.1) is 12.6 Å². The van der Waals surface area contributed by atoms with Crippen molar-refractivity contribution < 1.29 is 29.7 Å². The maximum Gasteiger partial charge on any atom is 0.326 e. The lowest BCUT2D eigenvalue weighted by Crippen LogP contribution is -2.56. The van der Waals surface area contributed by atoms with Crippen molar-refractivity contribution in [3.8, 4) is 5.75 Å². The van der Waals surface area contributed by atoms with Gasteiger partial charge in [-0.25, -0.2) is 4.79 Å². The van der Waals surface area contributed by atoms with Crippen LogP contribution in [-0.2, 0) is 27.2 Å². The first-order valence-electron chi connectivity index (χ1n) is 9.32. The van der Waals surface area contributed by atoms with Gasteiger partial charge in [0.1, 0.15) is 17.8 Å². The predicted octanol–water partition coefficient (Wildman–Crippen LogP) is -0.449. The number of nitrogens with two attached hydrogens (primary N) is 1. The van der Waals surface area contributed by atoms with Crippen LogP contribution in [0.3, 0.4) is 0 Å². The number of phenolic OH excluding ortho intramolecular Hbond substituents is 1. The number of amides is 2. The standard InChI is InChI=1S/C21H25N3O6/c22-16(10-13-4-2-1-3-5-13)19(27)24-18(12-25)20(28)23-17(21(29)30)11-14-6-8-15(26)9-7-14/h1-9,16-18,25-26H,10-12,22H2,(H,23,28)(H,24,27)(H,29,30). The molecule has 160 valence electrons. The zero-order chi connectivity index (χ0) is 22.1. The molecule has 0 bridgehead atoms. The Balaban J connectivity index is 1.96. The summed E-state index contributed by atoms with van der Waals surface area (Å²) in [6.07, 6.45) is 0.200. The number of hydrogen-bond acceptors (Lipinski definition) is 6. The van der Waals surface area contributed by atoms with Gasteiger partial charge in [0.25, 0.3) is 0 Å². The highest BCUT2D eigenvalue weighted by Crippen LogP contribution is 2.11. The monoisotopic (exact) mass is 415 g/mol. The molecular weight excluding hydrogens is 390 g/mol. The lowest BCUT2D eigenvalue weighted by molar-refractivity contribution is -0.142. The molecule has 0 saturated carbocycles. The number of carbonyl (C=O) groups is 3. The topological polar surface area (TPSA) is 162 Å². The molecular formula is C21H25N3O6. The van der Waals surface area contributed by atoms with Crippen LogP contribution >= 0.6 is 0 Å². The second-order valence-corrected chi connectivity index (χ2v) is 6.81. The Labute approximate surface area is 173 Å². The molecule has 2 rings (SSSR count). The highest BCUT2D eigenvalue weighted by molar-refractivity contribution is 5.92. The van der Waals surface area contributed by atoms with Gasteiger partial charge in [0, 0.05) is 6.42 Å². The molecule has 0 heterocycles. The number of nitrogens with one attached hydrogen (secondary N) is 2. The highest BCUT2D eigenvalue weighted by atomic mass is 16.4. The molecule has 9 nitrogen and oxygen atoms in total. The third-order valence-electron chi connectivity index (χ3n) is 4.44. The number of benzene rings is 2. The predicted molar refractivity (Wildman–Crippen MR) is 109 cm³/mol. The molecule has 0 aromatic heterocycles. The lowest BCUT2D eigenvalue weighted by Gasteiger charge is -2.21. The molecule has 0 saturated heterocycles. The quantitative estimate of drug-likeness (QED) is 0.306. The van der Waals surface area contributed by atoms with Crippen LogP contribution in [0.4, 0.5) is 0 Å². The summed E-state index contributed by atoms with van der Waals surface area (Å²) in [5, 5.41) is 32.9. The van der Waals surface area contributed by atoms with Crippen molar-refractivity contribution in [2.75, 3.05) is 6.61 Å². The zero-order valence-electron chi connectivity index (χ0n) is 16.2. The van der Waals surface area contributed by atoms with Crippen molar-refractivity contribution in [2.24, 2.45) is 5.73 Å². The number of rotatable bonds is 10. The smallest absolute Gasteiger partial charge is 0.326 e. The number of aliphatic hydroxyl groups is 1. The Morgan fingerprint density at radius 1 is 0.833 bits per heavy atom. The van der Waals surface area contributed by atoms with Crippen LogP contribution in [0.2, 0.25) is 0 Å². The Kier molecular flexibility index (Phi) is 8.33. The third kappa shape index (κ3) is 6.87. The van der Waals surface area contributed by atoms with E-state index in [4.69, 9.17) is 5.73 Å². The van der Waals surface area contributed by atoms with Crippen LogP contribution in [0.1, 0.15) is 11.1 Å². The van der Waals surface area contributed by atoms with Gasteiger partial charge in [-0.15, -0.1) is 0 Å². The molecule has 3 unspecified atom stereocenters. The summed E-state index contributed by atoms with van der Waals surface area (Å²) in [5.41, 5.74) is 7.29. The largest absolute Gasteiger partial charge is 0.508 e. The van der Waals surface area contributed by atoms with E-state index in [1.165, 1.54) is 24.3 Å². The maximum absolute atomic E-state index is 12.4. The third-order valence-corrected chi connectivity index (χ3v) is 4.44. The molecule has 0 aliphatic carbocycles. The fourth-order valence-corrected chi connectivity index (χ4v) is 2.77. The Bertz CT molecular complexity index is 857. The molecule has 2 aromatic rings. The van der Waals surface area contributed by atoms with E-state index in [2.05, 4.69) is 10.6 Å². The van der Waals surface area contributed by atoms with Gasteiger partial charge in [-0.1, -0.05) is 42.5 Å². The number of hydrogen-bond donors (Lipinski definition) is 6. The fourth-order valence-electron chi connectivity index (χ4n) is 2.77. The van der Waals surface area contributed by atoms with Gasteiger partial charge in [-0.3, -0.25) is 9.59 Å².